The smallest absolute Gasteiger partial charge is 0.265 e. The lowest BCUT2D eigenvalue weighted by Gasteiger charge is -2.01. The van der Waals surface area contributed by atoms with Crippen LogP contribution in [0.2, 0.25) is 5.02 Å². The Morgan fingerprint density at radius 2 is 1.95 bits per heavy atom. The van der Waals surface area contributed by atoms with E-state index in [1.54, 1.807) is 0 Å². The maximum absolute atomic E-state index is 6.01. The van der Waals surface area contributed by atoms with E-state index in [1.807, 2.05) is 35.5 Å². The maximum Gasteiger partial charge on any atom is 0.265 e. The Bertz CT molecular complexity index is 753. The van der Waals surface area contributed by atoms with Crippen LogP contribution < -0.4 is 17.0 Å². The van der Waals surface area contributed by atoms with Gasteiger partial charge in [-0.05, 0) is 35.7 Å². The van der Waals surface area contributed by atoms with E-state index < -0.39 is 0 Å². The van der Waals surface area contributed by atoms with Gasteiger partial charge in [0.15, 0.2) is 0 Å². The van der Waals surface area contributed by atoms with Gasteiger partial charge in [-0.25, -0.2) is 4.57 Å². The second-order valence-electron chi connectivity index (χ2n) is 5.17. The van der Waals surface area contributed by atoms with Crippen molar-refractivity contribution < 1.29 is 17.0 Å². The molecule has 3 rings (SSSR count). The molecule has 1 heterocycles. The van der Waals surface area contributed by atoms with E-state index >= 15 is 0 Å². The Hall–Kier alpha value is -1.84. The molecule has 1 aromatic heterocycles. The van der Waals surface area contributed by atoms with Crippen LogP contribution in [0.5, 0.6) is 0 Å². The molecule has 0 unspecified atom stereocenters. The Morgan fingerprint density at radius 1 is 1.14 bits per heavy atom. The first-order valence-corrected chi connectivity index (χ1v) is 7.29. The van der Waals surface area contributed by atoms with Crippen LogP contribution in [0.25, 0.3) is 0 Å². The van der Waals surface area contributed by atoms with Gasteiger partial charge < -0.3 is 12.4 Å². The molecule has 5 heteroatoms. The highest BCUT2D eigenvalue weighted by molar-refractivity contribution is 6.30. The summed E-state index contributed by atoms with van der Waals surface area (Å²) in [5.41, 5.74) is 3.74. The van der Waals surface area contributed by atoms with E-state index in [9.17, 15) is 0 Å². The largest absolute Gasteiger partial charge is 1.00 e. The fourth-order valence-electron chi connectivity index (χ4n) is 2.33. The summed E-state index contributed by atoms with van der Waals surface area (Å²) >= 11 is 6.01. The quantitative estimate of drug-likeness (QED) is 0.626. The zero-order valence-corrected chi connectivity index (χ0v) is 13.8. The molecule has 3 nitrogen and oxygen atoms in total. The minimum atomic E-state index is 0. The third-order valence-corrected chi connectivity index (χ3v) is 3.71. The van der Waals surface area contributed by atoms with Crippen LogP contribution in [-0.4, -0.2) is 9.78 Å². The molecule has 0 spiro atoms. The molecule has 0 amide bonds. The second-order valence-corrected chi connectivity index (χ2v) is 5.61. The Balaban J connectivity index is 0.00000176. The number of hydrogen-bond donors (Lipinski definition) is 0. The predicted molar refractivity (Wildman–Crippen MR) is 83.3 cm³/mol. The fourth-order valence-corrected chi connectivity index (χ4v) is 2.55. The van der Waals surface area contributed by atoms with E-state index in [0.29, 0.717) is 0 Å². The monoisotopic (exact) mass is 333 g/mol. The fraction of sp³-hybridized carbons (Fsp3) is 0.176. The van der Waals surface area contributed by atoms with Crippen molar-refractivity contribution in [2.24, 2.45) is 0 Å². The zero-order valence-electron chi connectivity index (χ0n) is 12.3. The molecule has 0 saturated heterocycles. The van der Waals surface area contributed by atoms with Gasteiger partial charge >= 0.3 is 0 Å². The molecule has 0 aliphatic rings. The van der Waals surface area contributed by atoms with Crippen molar-refractivity contribution in [1.29, 1.82) is 0 Å². The minimum absolute atomic E-state index is 0. The summed E-state index contributed by atoms with van der Waals surface area (Å²) in [6.07, 6.45) is 3.87. The molecule has 2 aromatic carbocycles. The van der Waals surface area contributed by atoms with Crippen LogP contribution in [-0.2, 0) is 13.1 Å². The van der Waals surface area contributed by atoms with Gasteiger partial charge in [0.1, 0.15) is 6.54 Å². The topological polar surface area (TPSA) is 21.7 Å². The van der Waals surface area contributed by atoms with Gasteiger partial charge in [0, 0.05) is 10.1 Å². The summed E-state index contributed by atoms with van der Waals surface area (Å²) in [7, 11) is 0. The van der Waals surface area contributed by atoms with Crippen LogP contribution in [0.15, 0.2) is 61.2 Å². The first kappa shape index (κ1) is 16.5. The molecule has 0 fully saturated rings. The van der Waals surface area contributed by atoms with Gasteiger partial charge in [0.25, 0.3) is 6.33 Å². The molecule has 0 atom stereocenters. The summed E-state index contributed by atoms with van der Waals surface area (Å²) in [4.78, 5) is 0. The predicted octanol–water partition coefficient (Wildman–Crippen LogP) is 0.233. The van der Waals surface area contributed by atoms with Gasteiger partial charge in [-0.1, -0.05) is 48.0 Å². The first-order chi connectivity index (χ1) is 10.2. The number of aromatic nitrogens is 3. The Kier molecular flexibility index (Phi) is 5.58. The standard InChI is InChI=1S/C17H17ClN3.ClH/c1-14-5-2-3-7-16(14)11-21-13-20(12-19-21)10-15-6-4-8-17(18)9-15;/h2-9,12-13H,10-11H2,1H3;1H/q+1;/p-1. The molecular formula is C17H17Cl2N3. The molecule has 0 bridgehead atoms. The van der Waals surface area contributed by atoms with Gasteiger partial charge in [-0.15, -0.1) is 4.68 Å². The highest BCUT2D eigenvalue weighted by Crippen LogP contribution is 2.10. The molecule has 22 heavy (non-hydrogen) atoms. The molecule has 114 valence electrons. The number of hydrogen-bond acceptors (Lipinski definition) is 1. The van der Waals surface area contributed by atoms with Crippen molar-refractivity contribution in [3.63, 3.8) is 0 Å². The average Bonchev–Trinajstić information content (AvgIpc) is 2.89. The molecule has 0 radical (unpaired) electrons. The van der Waals surface area contributed by atoms with E-state index in [0.717, 1.165) is 18.1 Å². The summed E-state index contributed by atoms with van der Waals surface area (Å²) in [6, 6.07) is 16.3. The highest BCUT2D eigenvalue weighted by atomic mass is 35.5. The second kappa shape index (κ2) is 7.43. The number of rotatable bonds is 4. The number of aryl methyl sites for hydroxylation is 1. The van der Waals surface area contributed by atoms with Gasteiger partial charge in [0.05, 0.1) is 6.54 Å². The molecule has 0 aliphatic carbocycles. The van der Waals surface area contributed by atoms with Crippen LogP contribution in [0.1, 0.15) is 16.7 Å². The van der Waals surface area contributed by atoms with Crippen LogP contribution in [0.3, 0.4) is 0 Å². The van der Waals surface area contributed by atoms with Gasteiger partial charge in [-0.2, -0.15) is 0 Å². The lowest BCUT2D eigenvalue weighted by molar-refractivity contribution is -0.689. The van der Waals surface area contributed by atoms with E-state index in [-0.39, 0.29) is 12.4 Å². The van der Waals surface area contributed by atoms with Crippen molar-refractivity contribution in [3.05, 3.63) is 82.9 Å². The SMILES string of the molecule is Cc1ccccc1Cn1c[n+](Cc2cccc(Cl)c2)cn1.[Cl-]. The summed E-state index contributed by atoms with van der Waals surface area (Å²) in [6.45, 7) is 3.68. The third kappa shape index (κ3) is 4.09. The number of benzene rings is 2. The maximum atomic E-state index is 6.01. The molecule has 3 aromatic rings. The summed E-state index contributed by atoms with van der Waals surface area (Å²) < 4.78 is 4.01. The average molecular weight is 334 g/mol. The molecule has 0 N–H and O–H groups in total. The van der Waals surface area contributed by atoms with Gasteiger partial charge in [-0.3, -0.25) is 0 Å². The van der Waals surface area contributed by atoms with Crippen molar-refractivity contribution >= 4 is 11.6 Å². The van der Waals surface area contributed by atoms with E-state index in [1.165, 1.54) is 16.7 Å². The first-order valence-electron chi connectivity index (χ1n) is 6.91. The lowest BCUT2D eigenvalue weighted by atomic mass is 10.1. The van der Waals surface area contributed by atoms with Crippen molar-refractivity contribution in [2.75, 3.05) is 0 Å². The van der Waals surface area contributed by atoms with Crippen molar-refractivity contribution in [3.8, 4) is 0 Å². The third-order valence-electron chi connectivity index (χ3n) is 3.48. The lowest BCUT2D eigenvalue weighted by Crippen LogP contribution is -3.00. The van der Waals surface area contributed by atoms with Crippen molar-refractivity contribution in [2.45, 2.75) is 20.0 Å². The number of halogens is 2. The number of nitrogens with zero attached hydrogens (tertiary/aromatic N) is 3. The Labute approximate surface area is 141 Å². The van der Waals surface area contributed by atoms with Crippen LogP contribution in [0.4, 0.5) is 0 Å². The van der Waals surface area contributed by atoms with Crippen LogP contribution in [0, 0.1) is 6.92 Å². The minimum Gasteiger partial charge on any atom is -1.00 e. The van der Waals surface area contributed by atoms with Gasteiger partial charge in [0.2, 0.25) is 6.33 Å². The summed E-state index contributed by atoms with van der Waals surface area (Å²) in [5.74, 6) is 0. The summed E-state index contributed by atoms with van der Waals surface area (Å²) in [5, 5.41) is 5.18. The highest BCUT2D eigenvalue weighted by Gasteiger charge is 2.08. The van der Waals surface area contributed by atoms with Crippen molar-refractivity contribution in [1.82, 2.24) is 9.78 Å². The molecule has 0 aliphatic heterocycles. The normalized spacial score (nSPS) is 10.3. The van der Waals surface area contributed by atoms with E-state index in [4.69, 9.17) is 11.6 Å². The van der Waals surface area contributed by atoms with Crippen LogP contribution >= 0.6 is 11.6 Å². The molecular weight excluding hydrogens is 317 g/mol. The molecule has 0 saturated carbocycles. The Morgan fingerprint density at radius 3 is 2.73 bits per heavy atom. The van der Waals surface area contributed by atoms with E-state index in [2.05, 4.69) is 46.9 Å². The zero-order chi connectivity index (χ0) is 14.7.